The second-order valence-electron chi connectivity index (χ2n) is 8.08. The van der Waals surface area contributed by atoms with E-state index < -0.39 is 11.9 Å². The molecule has 1 atom stereocenters. The van der Waals surface area contributed by atoms with E-state index >= 15 is 0 Å². The standard InChI is InChI=1S/C24H21N5O4/c30-21-9-8-20(23(32)27-21)28-14-17-10-16(6-7-19(17)24(28)33)22(31)25-11-15-12-26-29(13-15)18-4-2-1-3-5-18/h1-7,10,12-13,20H,8-9,11,14H2,(H,25,31)(H,27,30,32). The number of aromatic nitrogens is 2. The molecule has 0 radical (unpaired) electrons. The minimum absolute atomic E-state index is 0.199. The van der Waals surface area contributed by atoms with Crippen LogP contribution in [-0.2, 0) is 22.7 Å². The molecule has 166 valence electrons. The molecule has 33 heavy (non-hydrogen) atoms. The molecule has 2 aliphatic rings. The summed E-state index contributed by atoms with van der Waals surface area (Å²) in [6.45, 7) is 0.537. The molecule has 1 aromatic heterocycles. The van der Waals surface area contributed by atoms with Crippen molar-refractivity contribution in [1.29, 1.82) is 0 Å². The first-order chi connectivity index (χ1) is 16.0. The second kappa shape index (κ2) is 8.34. The maximum atomic E-state index is 12.8. The van der Waals surface area contributed by atoms with Crippen LogP contribution in [-0.4, -0.2) is 44.4 Å². The lowest BCUT2D eigenvalue weighted by molar-refractivity contribution is -0.136. The average Bonchev–Trinajstić information content (AvgIpc) is 3.43. The fraction of sp³-hybridized carbons (Fsp3) is 0.208. The Morgan fingerprint density at radius 2 is 1.94 bits per heavy atom. The summed E-state index contributed by atoms with van der Waals surface area (Å²) in [5, 5.41) is 9.49. The summed E-state index contributed by atoms with van der Waals surface area (Å²) >= 11 is 0. The summed E-state index contributed by atoms with van der Waals surface area (Å²) < 4.78 is 1.74. The van der Waals surface area contributed by atoms with E-state index in [1.165, 1.54) is 4.90 Å². The fourth-order valence-electron chi connectivity index (χ4n) is 4.17. The van der Waals surface area contributed by atoms with Crippen LogP contribution < -0.4 is 10.6 Å². The van der Waals surface area contributed by atoms with Crippen LogP contribution in [0.4, 0.5) is 0 Å². The zero-order chi connectivity index (χ0) is 22.9. The molecule has 1 saturated heterocycles. The van der Waals surface area contributed by atoms with Gasteiger partial charge in [-0.2, -0.15) is 5.10 Å². The molecule has 5 rings (SSSR count). The molecular weight excluding hydrogens is 422 g/mol. The summed E-state index contributed by atoms with van der Waals surface area (Å²) in [6.07, 6.45) is 4.06. The number of nitrogens with one attached hydrogen (secondary N) is 2. The summed E-state index contributed by atoms with van der Waals surface area (Å²) in [5.74, 6) is -1.31. The highest BCUT2D eigenvalue weighted by molar-refractivity contribution is 6.06. The van der Waals surface area contributed by atoms with E-state index in [1.54, 1.807) is 29.1 Å². The van der Waals surface area contributed by atoms with Gasteiger partial charge in [0, 0.05) is 42.4 Å². The van der Waals surface area contributed by atoms with Gasteiger partial charge in [-0.3, -0.25) is 24.5 Å². The smallest absolute Gasteiger partial charge is 0.255 e. The van der Waals surface area contributed by atoms with Crippen LogP contribution in [0, 0.1) is 0 Å². The third-order valence-electron chi connectivity index (χ3n) is 5.90. The molecule has 0 bridgehead atoms. The van der Waals surface area contributed by atoms with Crippen molar-refractivity contribution in [2.45, 2.75) is 32.0 Å². The molecular formula is C24H21N5O4. The van der Waals surface area contributed by atoms with E-state index in [9.17, 15) is 19.2 Å². The molecule has 0 saturated carbocycles. The van der Waals surface area contributed by atoms with Gasteiger partial charge in [0.05, 0.1) is 11.9 Å². The predicted molar refractivity (Wildman–Crippen MR) is 117 cm³/mol. The number of benzene rings is 2. The van der Waals surface area contributed by atoms with Crippen molar-refractivity contribution in [3.05, 3.63) is 83.2 Å². The fourth-order valence-corrected chi connectivity index (χ4v) is 4.17. The Morgan fingerprint density at radius 1 is 1.12 bits per heavy atom. The van der Waals surface area contributed by atoms with Gasteiger partial charge in [0.25, 0.3) is 11.8 Å². The van der Waals surface area contributed by atoms with Gasteiger partial charge in [-0.25, -0.2) is 4.68 Å². The van der Waals surface area contributed by atoms with Gasteiger partial charge >= 0.3 is 0 Å². The number of piperidine rings is 1. The van der Waals surface area contributed by atoms with E-state index in [2.05, 4.69) is 15.7 Å². The monoisotopic (exact) mass is 443 g/mol. The van der Waals surface area contributed by atoms with Crippen LogP contribution in [0.3, 0.4) is 0 Å². The van der Waals surface area contributed by atoms with Crippen molar-refractivity contribution in [2.75, 3.05) is 0 Å². The second-order valence-corrected chi connectivity index (χ2v) is 8.08. The maximum Gasteiger partial charge on any atom is 0.255 e. The third kappa shape index (κ3) is 4.00. The van der Waals surface area contributed by atoms with E-state index in [1.807, 2.05) is 36.5 Å². The average molecular weight is 443 g/mol. The zero-order valence-electron chi connectivity index (χ0n) is 17.7. The van der Waals surface area contributed by atoms with Crippen molar-refractivity contribution in [3.63, 3.8) is 0 Å². The molecule has 2 aliphatic heterocycles. The first-order valence-corrected chi connectivity index (χ1v) is 10.6. The van der Waals surface area contributed by atoms with Crippen LogP contribution >= 0.6 is 0 Å². The minimum atomic E-state index is -0.680. The van der Waals surface area contributed by atoms with Gasteiger partial charge in [0.2, 0.25) is 11.8 Å². The number of imide groups is 1. The number of rotatable bonds is 5. The molecule has 9 heteroatoms. The molecule has 0 aliphatic carbocycles. The van der Waals surface area contributed by atoms with E-state index in [0.717, 1.165) is 11.3 Å². The summed E-state index contributed by atoms with van der Waals surface area (Å²) in [6, 6.07) is 13.9. The molecule has 1 unspecified atom stereocenters. The number of hydrogen-bond donors (Lipinski definition) is 2. The van der Waals surface area contributed by atoms with Crippen molar-refractivity contribution >= 4 is 23.6 Å². The Hall–Kier alpha value is -4.27. The van der Waals surface area contributed by atoms with E-state index in [0.29, 0.717) is 29.7 Å². The molecule has 2 N–H and O–H groups in total. The van der Waals surface area contributed by atoms with Crippen molar-refractivity contribution < 1.29 is 19.2 Å². The molecule has 9 nitrogen and oxygen atoms in total. The quantitative estimate of drug-likeness (QED) is 0.581. The molecule has 3 aromatic rings. The van der Waals surface area contributed by atoms with Crippen LogP contribution in [0.25, 0.3) is 5.69 Å². The highest BCUT2D eigenvalue weighted by atomic mass is 16.2. The van der Waals surface area contributed by atoms with E-state index in [-0.39, 0.29) is 30.7 Å². The molecule has 3 heterocycles. The Kier molecular flexibility index (Phi) is 5.21. The van der Waals surface area contributed by atoms with Gasteiger partial charge in [-0.1, -0.05) is 18.2 Å². The number of amides is 4. The molecule has 0 spiro atoms. The Balaban J connectivity index is 1.25. The van der Waals surface area contributed by atoms with Gasteiger partial charge in [-0.05, 0) is 42.3 Å². The summed E-state index contributed by atoms with van der Waals surface area (Å²) in [7, 11) is 0. The number of carbonyl (C=O) groups excluding carboxylic acids is 4. The molecule has 1 fully saturated rings. The van der Waals surface area contributed by atoms with Crippen molar-refractivity contribution in [2.24, 2.45) is 0 Å². The molecule has 2 aromatic carbocycles. The highest BCUT2D eigenvalue weighted by Crippen LogP contribution is 2.28. The lowest BCUT2D eigenvalue weighted by atomic mass is 10.0. The molecule has 4 amide bonds. The number of carbonyl (C=O) groups is 4. The van der Waals surface area contributed by atoms with Gasteiger partial charge in [-0.15, -0.1) is 0 Å². The maximum absolute atomic E-state index is 12.8. The first-order valence-electron chi connectivity index (χ1n) is 10.6. The third-order valence-corrected chi connectivity index (χ3v) is 5.90. The number of para-hydroxylation sites is 1. The minimum Gasteiger partial charge on any atom is -0.348 e. The normalized spacial score (nSPS) is 17.6. The van der Waals surface area contributed by atoms with Crippen LogP contribution in [0.2, 0.25) is 0 Å². The van der Waals surface area contributed by atoms with Crippen molar-refractivity contribution in [3.8, 4) is 5.69 Å². The number of hydrogen-bond acceptors (Lipinski definition) is 5. The Labute approximate surface area is 189 Å². The zero-order valence-corrected chi connectivity index (χ0v) is 17.7. The van der Waals surface area contributed by atoms with Gasteiger partial charge < -0.3 is 10.2 Å². The van der Waals surface area contributed by atoms with Crippen molar-refractivity contribution in [1.82, 2.24) is 25.3 Å². The Bertz CT molecular complexity index is 1270. The lowest BCUT2D eigenvalue weighted by Gasteiger charge is -2.29. The predicted octanol–water partition coefficient (Wildman–Crippen LogP) is 1.56. The van der Waals surface area contributed by atoms with Crippen LogP contribution in [0.15, 0.2) is 60.9 Å². The summed E-state index contributed by atoms with van der Waals surface area (Å²) in [4.78, 5) is 50.5. The topological polar surface area (TPSA) is 113 Å². The lowest BCUT2D eigenvalue weighted by Crippen LogP contribution is -2.52. The van der Waals surface area contributed by atoms with E-state index in [4.69, 9.17) is 0 Å². The largest absolute Gasteiger partial charge is 0.348 e. The highest BCUT2D eigenvalue weighted by Gasteiger charge is 2.39. The van der Waals surface area contributed by atoms with Crippen LogP contribution in [0.5, 0.6) is 0 Å². The Morgan fingerprint density at radius 3 is 2.73 bits per heavy atom. The van der Waals surface area contributed by atoms with Crippen LogP contribution in [0.1, 0.15) is 44.7 Å². The summed E-state index contributed by atoms with van der Waals surface area (Å²) in [5.41, 5.74) is 3.38. The SMILES string of the molecule is O=C1CCC(N2Cc3cc(C(=O)NCc4cnn(-c5ccccc5)c4)ccc3C2=O)C(=O)N1. The number of nitrogens with zero attached hydrogens (tertiary/aromatic N) is 3. The van der Waals surface area contributed by atoms with Gasteiger partial charge in [0.15, 0.2) is 0 Å². The first kappa shape index (κ1) is 20.6. The van der Waals surface area contributed by atoms with Gasteiger partial charge in [0.1, 0.15) is 6.04 Å². The number of fused-ring (bicyclic) bond motifs is 1.